The molecule has 1 aliphatic carbocycles. The van der Waals surface area contributed by atoms with E-state index < -0.39 is 36.1 Å². The van der Waals surface area contributed by atoms with Crippen LogP contribution in [0.15, 0.2) is 71.4 Å². The third-order valence-electron chi connectivity index (χ3n) is 7.05. The summed E-state index contributed by atoms with van der Waals surface area (Å²) in [7, 11) is 0. The number of aromatic nitrogens is 3. The molecule has 0 saturated carbocycles. The van der Waals surface area contributed by atoms with Crippen molar-refractivity contribution in [1.82, 2.24) is 25.0 Å². The highest BCUT2D eigenvalue weighted by Crippen LogP contribution is 2.42. The minimum Gasteiger partial charge on any atom is -0.380 e. The number of carbonyl (C=O) groups is 2. The number of aliphatic hydroxyl groups excluding tert-OH is 2. The number of rotatable bonds is 9. The Balaban J connectivity index is 1.27. The van der Waals surface area contributed by atoms with Gasteiger partial charge in [0.2, 0.25) is 0 Å². The normalized spacial score (nSPS) is 19.0. The number of nitrogens with zero attached hydrogens (tertiary/aromatic N) is 4. The Kier molecular flexibility index (Phi) is 7.92. The number of anilines is 1. The number of hydrogen-bond donors (Lipinski definition) is 4. The molecule has 1 aliphatic heterocycles. The first kappa shape index (κ1) is 26.8. The van der Waals surface area contributed by atoms with Crippen LogP contribution in [0.4, 0.5) is 5.13 Å². The molecule has 2 aromatic heterocycles. The number of aliphatic hydroxyl groups is 2. The van der Waals surface area contributed by atoms with Gasteiger partial charge in [0.15, 0.2) is 17.3 Å². The summed E-state index contributed by atoms with van der Waals surface area (Å²) in [5.41, 5.74) is 4.47. The SMILES string of the molecule is CCNc1nc([C@@H]2C3=C(C=CCC3)CN2C(=O)[C@H](O)[C@@H](O)C(=O)N[C@H](C)c2ccc(-n3cccn3)cc2)cs1. The fraction of sp³-hybridized carbons (Fsp3) is 0.357. The highest BCUT2D eigenvalue weighted by atomic mass is 32.1. The molecule has 1 aromatic carbocycles. The maximum absolute atomic E-state index is 13.5. The number of thiazole rings is 1. The summed E-state index contributed by atoms with van der Waals surface area (Å²) in [5, 5.41) is 34.3. The molecule has 3 heterocycles. The Bertz CT molecular complexity index is 1380. The van der Waals surface area contributed by atoms with Crippen LogP contribution in [0.25, 0.3) is 5.69 Å². The number of amides is 2. The fourth-order valence-corrected chi connectivity index (χ4v) is 5.82. The molecule has 0 spiro atoms. The Hall–Kier alpha value is -3.80. The zero-order valence-corrected chi connectivity index (χ0v) is 22.6. The van der Waals surface area contributed by atoms with Gasteiger partial charge in [0.1, 0.15) is 0 Å². The van der Waals surface area contributed by atoms with E-state index in [1.165, 1.54) is 16.2 Å². The van der Waals surface area contributed by atoms with Gasteiger partial charge in [-0.3, -0.25) is 9.59 Å². The summed E-state index contributed by atoms with van der Waals surface area (Å²) in [6, 6.07) is 8.37. The minimum atomic E-state index is -1.93. The molecule has 5 rings (SSSR count). The van der Waals surface area contributed by atoms with E-state index in [0.717, 1.165) is 46.9 Å². The van der Waals surface area contributed by atoms with Crippen molar-refractivity contribution in [2.45, 2.75) is 51.0 Å². The summed E-state index contributed by atoms with van der Waals surface area (Å²) in [5.74, 6) is -1.53. The predicted molar refractivity (Wildman–Crippen MR) is 148 cm³/mol. The van der Waals surface area contributed by atoms with Crippen LogP contribution in [-0.2, 0) is 9.59 Å². The summed E-state index contributed by atoms with van der Waals surface area (Å²) in [6.45, 7) is 4.77. The molecule has 11 heteroatoms. The minimum absolute atomic E-state index is 0.286. The molecule has 0 radical (unpaired) electrons. The molecular formula is C28H32N6O4S. The molecule has 3 aromatic rings. The lowest BCUT2D eigenvalue weighted by atomic mass is 9.94. The van der Waals surface area contributed by atoms with Crippen LogP contribution in [-0.4, -0.2) is 67.0 Å². The largest absolute Gasteiger partial charge is 0.380 e. The molecule has 10 nitrogen and oxygen atoms in total. The van der Waals surface area contributed by atoms with Crippen molar-refractivity contribution in [2.75, 3.05) is 18.4 Å². The lowest BCUT2D eigenvalue weighted by Crippen LogP contribution is -2.51. The number of hydrogen-bond acceptors (Lipinski definition) is 8. The van der Waals surface area contributed by atoms with Crippen molar-refractivity contribution in [2.24, 2.45) is 0 Å². The second-order valence-electron chi connectivity index (χ2n) is 9.63. The fourth-order valence-electron chi connectivity index (χ4n) is 5.02. The standard InChI is InChI=1S/C28H32N6O4S/c1-3-29-28-32-22(16-39-28)23-21-8-5-4-7-19(21)15-33(23)27(38)25(36)24(35)26(37)31-17(2)18-9-11-20(12-10-18)34-14-6-13-30-34/h4,6-7,9-14,16-17,23-25,35-36H,3,5,8,15H2,1-2H3,(H,29,32)(H,31,37)/t17-,23+,24-,25-/m1/s1. The van der Waals surface area contributed by atoms with Crippen LogP contribution in [0.5, 0.6) is 0 Å². The van der Waals surface area contributed by atoms with Crippen LogP contribution >= 0.6 is 11.3 Å². The zero-order valence-electron chi connectivity index (χ0n) is 21.8. The molecule has 204 valence electrons. The third kappa shape index (κ3) is 5.51. The summed E-state index contributed by atoms with van der Waals surface area (Å²) >= 11 is 1.46. The molecular weight excluding hydrogens is 516 g/mol. The van der Waals surface area contributed by atoms with Gasteiger partial charge in [0.05, 0.1) is 23.5 Å². The Morgan fingerprint density at radius 3 is 2.72 bits per heavy atom. The quantitative estimate of drug-likeness (QED) is 0.323. The molecule has 0 unspecified atom stereocenters. The van der Waals surface area contributed by atoms with Crippen LogP contribution in [0, 0.1) is 0 Å². The first-order valence-electron chi connectivity index (χ1n) is 13.0. The molecule has 0 saturated heterocycles. The molecule has 39 heavy (non-hydrogen) atoms. The lowest BCUT2D eigenvalue weighted by Gasteiger charge is -2.29. The number of benzene rings is 1. The van der Waals surface area contributed by atoms with Gasteiger partial charge in [-0.2, -0.15) is 5.10 Å². The number of allylic oxidation sites excluding steroid dienone is 1. The van der Waals surface area contributed by atoms with E-state index in [4.69, 9.17) is 0 Å². The summed E-state index contributed by atoms with van der Waals surface area (Å²) in [6.07, 6.45) is 5.39. The number of nitrogens with one attached hydrogen (secondary N) is 2. The van der Waals surface area contributed by atoms with Gasteiger partial charge in [0.25, 0.3) is 11.8 Å². The van der Waals surface area contributed by atoms with Gasteiger partial charge in [-0.05, 0) is 61.6 Å². The van der Waals surface area contributed by atoms with Crippen LogP contribution < -0.4 is 10.6 Å². The predicted octanol–water partition coefficient (Wildman–Crippen LogP) is 2.89. The Morgan fingerprint density at radius 1 is 1.21 bits per heavy atom. The molecule has 4 atom stereocenters. The maximum atomic E-state index is 13.5. The molecule has 0 fully saturated rings. The highest BCUT2D eigenvalue weighted by molar-refractivity contribution is 7.13. The summed E-state index contributed by atoms with van der Waals surface area (Å²) < 4.78 is 1.72. The van der Waals surface area contributed by atoms with E-state index in [1.807, 2.05) is 54.9 Å². The van der Waals surface area contributed by atoms with Crippen molar-refractivity contribution in [3.05, 3.63) is 82.7 Å². The van der Waals surface area contributed by atoms with Crippen LogP contribution in [0.1, 0.15) is 50.0 Å². The van der Waals surface area contributed by atoms with Gasteiger partial charge >= 0.3 is 0 Å². The van der Waals surface area contributed by atoms with E-state index >= 15 is 0 Å². The van der Waals surface area contributed by atoms with Crippen molar-refractivity contribution in [3.8, 4) is 5.69 Å². The third-order valence-corrected chi connectivity index (χ3v) is 7.87. The van der Waals surface area contributed by atoms with E-state index in [9.17, 15) is 19.8 Å². The molecule has 4 N–H and O–H groups in total. The maximum Gasteiger partial charge on any atom is 0.255 e. The van der Waals surface area contributed by atoms with E-state index in [2.05, 4.69) is 26.8 Å². The van der Waals surface area contributed by atoms with Crippen molar-refractivity contribution < 1.29 is 19.8 Å². The summed E-state index contributed by atoms with van der Waals surface area (Å²) in [4.78, 5) is 32.6. The van der Waals surface area contributed by atoms with Crippen LogP contribution in [0.2, 0.25) is 0 Å². The van der Waals surface area contributed by atoms with Gasteiger partial charge < -0.3 is 25.7 Å². The molecule has 2 amide bonds. The highest BCUT2D eigenvalue weighted by Gasteiger charge is 2.42. The van der Waals surface area contributed by atoms with Crippen molar-refractivity contribution in [1.29, 1.82) is 0 Å². The first-order valence-corrected chi connectivity index (χ1v) is 13.9. The molecule has 0 bridgehead atoms. The molecule has 2 aliphatic rings. The van der Waals surface area contributed by atoms with Gasteiger partial charge in [-0.15, -0.1) is 11.3 Å². The average molecular weight is 549 g/mol. The second-order valence-corrected chi connectivity index (χ2v) is 10.5. The number of carbonyl (C=O) groups excluding carboxylic acids is 2. The van der Waals surface area contributed by atoms with E-state index in [1.54, 1.807) is 17.8 Å². The van der Waals surface area contributed by atoms with Gasteiger partial charge in [-0.25, -0.2) is 9.67 Å². The first-order chi connectivity index (χ1) is 18.9. The smallest absolute Gasteiger partial charge is 0.255 e. The Labute approximate surface area is 230 Å². The van der Waals surface area contributed by atoms with Crippen molar-refractivity contribution in [3.63, 3.8) is 0 Å². The second kappa shape index (κ2) is 11.5. The average Bonchev–Trinajstić information content (AvgIpc) is 3.72. The monoisotopic (exact) mass is 548 g/mol. The van der Waals surface area contributed by atoms with Gasteiger partial charge in [0, 0.05) is 30.9 Å². The van der Waals surface area contributed by atoms with Crippen LogP contribution in [0.3, 0.4) is 0 Å². The van der Waals surface area contributed by atoms with Crippen molar-refractivity contribution >= 4 is 28.3 Å². The topological polar surface area (TPSA) is 133 Å². The van der Waals surface area contributed by atoms with Gasteiger partial charge in [-0.1, -0.05) is 24.3 Å². The van der Waals surface area contributed by atoms with E-state index in [0.29, 0.717) is 5.69 Å². The van der Waals surface area contributed by atoms with E-state index in [-0.39, 0.29) is 6.54 Å². The zero-order chi connectivity index (χ0) is 27.5. The Morgan fingerprint density at radius 2 is 2.00 bits per heavy atom. The lowest BCUT2D eigenvalue weighted by molar-refractivity contribution is -0.154.